The zero-order valence-corrected chi connectivity index (χ0v) is 19.0. The molecule has 2 fully saturated rings. The van der Waals surface area contributed by atoms with Crippen LogP contribution in [0, 0.1) is 0 Å². The Hall–Kier alpha value is -3.20. The SMILES string of the molecule is CC[C@@H]1c2nncn2-c2cnc(Nc3ccc(N4CCOCC4)cc3)nc2N1C1CCCC1. The second-order valence-electron chi connectivity index (χ2n) is 9.00. The summed E-state index contributed by atoms with van der Waals surface area (Å²) in [5, 5.41) is 12.1. The van der Waals surface area contributed by atoms with E-state index in [9.17, 15) is 0 Å². The number of ether oxygens (including phenoxy) is 1. The molecule has 9 nitrogen and oxygen atoms in total. The number of hydrogen-bond acceptors (Lipinski definition) is 8. The van der Waals surface area contributed by atoms with Gasteiger partial charge in [0, 0.05) is 30.5 Å². The lowest BCUT2D eigenvalue weighted by atomic mass is 10.0. The third-order valence-corrected chi connectivity index (χ3v) is 7.07. The van der Waals surface area contributed by atoms with Gasteiger partial charge < -0.3 is 19.9 Å². The molecule has 3 aliphatic rings. The summed E-state index contributed by atoms with van der Waals surface area (Å²) in [6, 6.07) is 9.14. The van der Waals surface area contributed by atoms with Crippen molar-refractivity contribution in [2.45, 2.75) is 51.1 Å². The Bertz CT molecular complexity index is 1100. The van der Waals surface area contributed by atoms with Gasteiger partial charge in [-0.25, -0.2) is 4.98 Å². The molecule has 6 rings (SSSR count). The van der Waals surface area contributed by atoms with Gasteiger partial charge in [-0.1, -0.05) is 19.8 Å². The van der Waals surface area contributed by atoms with Gasteiger partial charge in [-0.2, -0.15) is 4.98 Å². The standard InChI is InChI=1S/C24H30N8O/c1-2-20-23-29-26-16-31(23)21-15-25-24(28-22(21)32(20)19-5-3-4-6-19)27-17-7-9-18(10-8-17)30-11-13-33-14-12-30/h7-10,15-16,19-20H,2-6,11-14H2,1H3,(H,25,27,28)/t20-/m1/s1. The molecule has 2 aliphatic heterocycles. The molecule has 1 atom stereocenters. The van der Waals surface area contributed by atoms with E-state index in [1.54, 1.807) is 6.33 Å². The summed E-state index contributed by atoms with van der Waals surface area (Å²) in [7, 11) is 0. The molecule has 0 bridgehead atoms. The summed E-state index contributed by atoms with van der Waals surface area (Å²) in [6.45, 7) is 5.65. The van der Waals surface area contributed by atoms with Gasteiger partial charge >= 0.3 is 0 Å². The van der Waals surface area contributed by atoms with Crippen molar-refractivity contribution in [1.82, 2.24) is 24.7 Å². The van der Waals surface area contributed by atoms with E-state index in [1.807, 2.05) is 6.20 Å². The molecule has 1 saturated carbocycles. The lowest BCUT2D eigenvalue weighted by Crippen LogP contribution is -2.42. The van der Waals surface area contributed by atoms with Crippen molar-refractivity contribution in [2.24, 2.45) is 0 Å². The molecule has 0 radical (unpaired) electrons. The number of morpholine rings is 1. The molecule has 4 heterocycles. The minimum absolute atomic E-state index is 0.179. The van der Waals surface area contributed by atoms with Gasteiger partial charge in [0.2, 0.25) is 5.95 Å². The number of nitrogens with one attached hydrogen (secondary N) is 1. The highest BCUT2D eigenvalue weighted by atomic mass is 16.5. The summed E-state index contributed by atoms with van der Waals surface area (Å²) in [5.74, 6) is 2.57. The van der Waals surface area contributed by atoms with Gasteiger partial charge in [-0.15, -0.1) is 10.2 Å². The third kappa shape index (κ3) is 3.70. The van der Waals surface area contributed by atoms with Gasteiger partial charge in [-0.05, 0) is 43.5 Å². The lowest BCUT2D eigenvalue weighted by Gasteiger charge is -2.40. The van der Waals surface area contributed by atoms with Crippen molar-refractivity contribution in [1.29, 1.82) is 0 Å². The molecule has 0 unspecified atom stereocenters. The molecule has 9 heteroatoms. The largest absolute Gasteiger partial charge is 0.378 e. The van der Waals surface area contributed by atoms with Gasteiger partial charge in [0.05, 0.1) is 25.5 Å². The van der Waals surface area contributed by atoms with Gasteiger partial charge in [0.1, 0.15) is 12.0 Å². The molecule has 1 saturated heterocycles. The summed E-state index contributed by atoms with van der Waals surface area (Å²) < 4.78 is 7.51. The molecule has 0 amide bonds. The maximum Gasteiger partial charge on any atom is 0.229 e. The van der Waals surface area contributed by atoms with Crippen LogP contribution in [0.2, 0.25) is 0 Å². The van der Waals surface area contributed by atoms with Crippen molar-refractivity contribution >= 4 is 23.1 Å². The molecule has 2 aromatic heterocycles. The number of benzene rings is 1. The van der Waals surface area contributed by atoms with Crippen molar-refractivity contribution in [2.75, 3.05) is 41.4 Å². The van der Waals surface area contributed by atoms with Gasteiger partial charge in [-0.3, -0.25) is 4.57 Å². The van der Waals surface area contributed by atoms with Crippen LogP contribution >= 0.6 is 0 Å². The van der Waals surface area contributed by atoms with Crippen LogP contribution in [-0.2, 0) is 4.74 Å². The zero-order valence-electron chi connectivity index (χ0n) is 19.0. The van der Waals surface area contributed by atoms with Gasteiger partial charge in [0.15, 0.2) is 11.6 Å². The Labute approximate surface area is 193 Å². The molecule has 172 valence electrons. The van der Waals surface area contributed by atoms with Crippen LogP contribution in [-0.4, -0.2) is 57.1 Å². The minimum Gasteiger partial charge on any atom is -0.378 e. The predicted octanol–water partition coefficient (Wildman–Crippen LogP) is 3.85. The van der Waals surface area contributed by atoms with Gasteiger partial charge in [0.25, 0.3) is 0 Å². The van der Waals surface area contributed by atoms with E-state index in [2.05, 4.69) is 66.1 Å². The van der Waals surface area contributed by atoms with E-state index < -0.39 is 0 Å². The maximum absolute atomic E-state index is 5.46. The van der Waals surface area contributed by atoms with Crippen molar-refractivity contribution < 1.29 is 4.74 Å². The summed E-state index contributed by atoms with van der Waals surface area (Å²) in [5.41, 5.74) is 3.15. The highest BCUT2D eigenvalue weighted by Crippen LogP contribution is 2.42. The van der Waals surface area contributed by atoms with Crippen LogP contribution in [0.3, 0.4) is 0 Å². The molecule has 33 heavy (non-hydrogen) atoms. The molecular weight excluding hydrogens is 416 g/mol. The lowest BCUT2D eigenvalue weighted by molar-refractivity contribution is 0.122. The Morgan fingerprint density at radius 3 is 2.64 bits per heavy atom. The molecule has 0 spiro atoms. The predicted molar refractivity (Wildman–Crippen MR) is 127 cm³/mol. The number of anilines is 4. The number of rotatable bonds is 5. The fourth-order valence-electron chi connectivity index (χ4n) is 5.41. The number of nitrogens with zero attached hydrogens (tertiary/aromatic N) is 7. The first-order valence-corrected chi connectivity index (χ1v) is 12.1. The Morgan fingerprint density at radius 2 is 1.88 bits per heavy atom. The first-order chi connectivity index (χ1) is 16.3. The molecule has 3 aromatic rings. The Balaban J connectivity index is 1.30. The van der Waals surface area contributed by atoms with Crippen LogP contribution in [0.15, 0.2) is 36.8 Å². The number of hydrogen-bond donors (Lipinski definition) is 1. The maximum atomic E-state index is 5.46. The zero-order chi connectivity index (χ0) is 22.2. The first-order valence-electron chi connectivity index (χ1n) is 12.1. The number of fused-ring (bicyclic) bond motifs is 3. The van der Waals surface area contributed by atoms with E-state index in [0.29, 0.717) is 12.0 Å². The van der Waals surface area contributed by atoms with Crippen LogP contribution in [0.4, 0.5) is 23.1 Å². The van der Waals surface area contributed by atoms with E-state index >= 15 is 0 Å². The molecule has 1 aliphatic carbocycles. The molecular formula is C24H30N8O. The monoisotopic (exact) mass is 446 g/mol. The van der Waals surface area contributed by atoms with Crippen LogP contribution in [0.25, 0.3) is 5.69 Å². The van der Waals surface area contributed by atoms with Crippen LogP contribution in [0.1, 0.15) is 50.9 Å². The second kappa shape index (κ2) is 8.62. The summed E-state index contributed by atoms with van der Waals surface area (Å²) >= 11 is 0. The Morgan fingerprint density at radius 1 is 1.09 bits per heavy atom. The average molecular weight is 447 g/mol. The van der Waals surface area contributed by atoms with Crippen molar-refractivity contribution in [3.8, 4) is 5.69 Å². The third-order valence-electron chi connectivity index (χ3n) is 7.07. The van der Waals surface area contributed by atoms with E-state index in [0.717, 1.165) is 55.7 Å². The van der Waals surface area contributed by atoms with E-state index in [-0.39, 0.29) is 6.04 Å². The van der Waals surface area contributed by atoms with Crippen LogP contribution < -0.4 is 15.1 Å². The molecule has 1 aromatic carbocycles. The van der Waals surface area contributed by atoms with Crippen molar-refractivity contribution in [3.63, 3.8) is 0 Å². The van der Waals surface area contributed by atoms with Crippen molar-refractivity contribution in [3.05, 3.63) is 42.6 Å². The first kappa shape index (κ1) is 20.4. The fourth-order valence-corrected chi connectivity index (χ4v) is 5.41. The highest BCUT2D eigenvalue weighted by Gasteiger charge is 2.38. The topological polar surface area (TPSA) is 84.2 Å². The minimum atomic E-state index is 0.179. The quantitative estimate of drug-likeness (QED) is 0.633. The van der Waals surface area contributed by atoms with E-state index in [4.69, 9.17) is 9.72 Å². The fraction of sp³-hybridized carbons (Fsp3) is 0.500. The normalized spacial score (nSPS) is 20.6. The highest BCUT2D eigenvalue weighted by molar-refractivity contribution is 5.66. The Kier molecular flexibility index (Phi) is 5.33. The van der Waals surface area contributed by atoms with Crippen LogP contribution in [0.5, 0.6) is 0 Å². The summed E-state index contributed by atoms with van der Waals surface area (Å²) in [4.78, 5) is 14.5. The van der Waals surface area contributed by atoms with E-state index in [1.165, 1.54) is 31.4 Å². The molecule has 1 N–H and O–H groups in total. The number of aromatic nitrogens is 5. The average Bonchev–Trinajstić information content (AvgIpc) is 3.57. The second-order valence-corrected chi connectivity index (χ2v) is 9.00. The summed E-state index contributed by atoms with van der Waals surface area (Å²) in [6.07, 6.45) is 9.57. The smallest absolute Gasteiger partial charge is 0.229 e.